The van der Waals surface area contributed by atoms with E-state index in [1.807, 2.05) is 39.1 Å². The molecule has 0 aliphatic rings. The highest BCUT2D eigenvalue weighted by Gasteiger charge is 1.76. The maximum absolute atomic E-state index is 4.88. The quantitative estimate of drug-likeness (QED) is 0.569. The zero-order valence-electron chi connectivity index (χ0n) is 6.64. The highest BCUT2D eigenvalue weighted by Crippen LogP contribution is 1.91. The van der Waals surface area contributed by atoms with Crippen molar-refractivity contribution in [3.05, 3.63) is 28.5 Å². The van der Waals surface area contributed by atoms with Crippen LogP contribution in [0.4, 0.5) is 0 Å². The lowest BCUT2D eigenvalue weighted by Gasteiger charge is -1.86. The summed E-state index contributed by atoms with van der Waals surface area (Å²) in [6, 6.07) is 3.79. The summed E-state index contributed by atoms with van der Waals surface area (Å²) >= 11 is 4.88. The van der Waals surface area contributed by atoms with Crippen molar-refractivity contribution >= 4 is 12.2 Å². The minimum Gasteiger partial charge on any atom is -0.365 e. The molecule has 56 valence electrons. The van der Waals surface area contributed by atoms with Crippen LogP contribution in [0.2, 0.25) is 0 Å². The van der Waals surface area contributed by atoms with Gasteiger partial charge < -0.3 is 4.98 Å². The SMILES string of the molecule is CC.Cc1cc(=S)cc[nH]1. The van der Waals surface area contributed by atoms with Crippen molar-refractivity contribution in [3.63, 3.8) is 0 Å². The molecule has 0 aromatic carbocycles. The summed E-state index contributed by atoms with van der Waals surface area (Å²) < 4.78 is 0.890. The number of aromatic nitrogens is 1. The number of hydrogen-bond acceptors (Lipinski definition) is 1. The minimum atomic E-state index is 0.890. The second kappa shape index (κ2) is 5.18. The third-order valence-corrected chi connectivity index (χ3v) is 1.17. The molecule has 1 nitrogen and oxygen atoms in total. The van der Waals surface area contributed by atoms with Gasteiger partial charge >= 0.3 is 0 Å². The fourth-order valence-electron chi connectivity index (χ4n) is 0.558. The van der Waals surface area contributed by atoms with E-state index < -0.39 is 0 Å². The third-order valence-electron chi connectivity index (χ3n) is 0.917. The van der Waals surface area contributed by atoms with E-state index in [0.717, 1.165) is 10.2 Å². The van der Waals surface area contributed by atoms with Gasteiger partial charge in [0, 0.05) is 16.4 Å². The van der Waals surface area contributed by atoms with Crippen molar-refractivity contribution in [2.45, 2.75) is 20.8 Å². The molecule has 10 heavy (non-hydrogen) atoms. The second-order valence-corrected chi connectivity index (χ2v) is 2.18. The summed E-state index contributed by atoms with van der Waals surface area (Å²) in [7, 11) is 0. The second-order valence-electron chi connectivity index (χ2n) is 1.71. The van der Waals surface area contributed by atoms with E-state index in [4.69, 9.17) is 12.2 Å². The Bertz CT molecular complexity index is 227. The molecule has 1 rings (SSSR count). The lowest BCUT2D eigenvalue weighted by molar-refractivity contribution is 1.20. The van der Waals surface area contributed by atoms with Crippen LogP contribution in [0.25, 0.3) is 0 Å². The van der Waals surface area contributed by atoms with Gasteiger partial charge in [-0.1, -0.05) is 26.1 Å². The van der Waals surface area contributed by atoms with Gasteiger partial charge in [0.1, 0.15) is 0 Å². The number of pyridine rings is 1. The molecule has 1 aromatic rings. The topological polar surface area (TPSA) is 15.8 Å². The number of rotatable bonds is 0. The van der Waals surface area contributed by atoms with E-state index in [-0.39, 0.29) is 0 Å². The number of aromatic amines is 1. The maximum atomic E-state index is 4.88. The van der Waals surface area contributed by atoms with Gasteiger partial charge in [0.05, 0.1) is 0 Å². The third kappa shape index (κ3) is 3.41. The van der Waals surface area contributed by atoms with Crippen LogP contribution in [0, 0.1) is 11.4 Å². The first-order valence-electron chi connectivity index (χ1n) is 3.44. The number of H-pyrrole nitrogens is 1. The highest BCUT2D eigenvalue weighted by molar-refractivity contribution is 7.71. The monoisotopic (exact) mass is 155 g/mol. The maximum Gasteiger partial charge on any atom is 0.0408 e. The summed E-state index contributed by atoms with van der Waals surface area (Å²) in [6.07, 6.45) is 1.84. The largest absolute Gasteiger partial charge is 0.365 e. The van der Waals surface area contributed by atoms with Crippen LogP contribution in [0.1, 0.15) is 19.5 Å². The Morgan fingerprint density at radius 1 is 1.40 bits per heavy atom. The first-order chi connectivity index (χ1) is 4.79. The van der Waals surface area contributed by atoms with Gasteiger partial charge in [-0.15, -0.1) is 0 Å². The predicted octanol–water partition coefficient (Wildman–Crippen LogP) is 3.08. The van der Waals surface area contributed by atoms with Crippen molar-refractivity contribution in [1.82, 2.24) is 4.98 Å². The Balaban J connectivity index is 0.000000371. The molecule has 0 amide bonds. The zero-order chi connectivity index (χ0) is 7.98. The smallest absolute Gasteiger partial charge is 0.0408 e. The van der Waals surface area contributed by atoms with Crippen LogP contribution >= 0.6 is 12.2 Å². The predicted molar refractivity (Wildman–Crippen MR) is 47.7 cm³/mol. The molecule has 0 bridgehead atoms. The van der Waals surface area contributed by atoms with E-state index in [1.54, 1.807) is 0 Å². The average molecular weight is 155 g/mol. The molecule has 0 aliphatic carbocycles. The Hall–Kier alpha value is -0.630. The van der Waals surface area contributed by atoms with Crippen LogP contribution < -0.4 is 0 Å². The summed E-state index contributed by atoms with van der Waals surface area (Å²) in [5.41, 5.74) is 1.11. The van der Waals surface area contributed by atoms with Gasteiger partial charge in [-0.3, -0.25) is 0 Å². The first kappa shape index (κ1) is 9.37. The number of hydrogen-bond donors (Lipinski definition) is 1. The van der Waals surface area contributed by atoms with E-state index in [9.17, 15) is 0 Å². The molecular weight excluding hydrogens is 142 g/mol. The van der Waals surface area contributed by atoms with Crippen LogP contribution in [0.5, 0.6) is 0 Å². The first-order valence-corrected chi connectivity index (χ1v) is 3.85. The summed E-state index contributed by atoms with van der Waals surface area (Å²) in [5, 5.41) is 0. The molecule has 0 saturated heterocycles. The summed E-state index contributed by atoms with van der Waals surface area (Å²) in [5.74, 6) is 0. The lowest BCUT2D eigenvalue weighted by Crippen LogP contribution is -1.74. The molecule has 2 heteroatoms. The lowest BCUT2D eigenvalue weighted by atomic mass is 10.4. The Morgan fingerprint density at radius 2 is 2.00 bits per heavy atom. The van der Waals surface area contributed by atoms with Crippen LogP contribution in [0.15, 0.2) is 18.3 Å². The molecule has 0 atom stereocenters. The Labute approximate surface area is 67.1 Å². The zero-order valence-corrected chi connectivity index (χ0v) is 7.46. The molecule has 0 spiro atoms. The van der Waals surface area contributed by atoms with Gasteiger partial charge in [-0.05, 0) is 19.1 Å². The van der Waals surface area contributed by atoms with Gasteiger partial charge in [-0.25, -0.2) is 0 Å². The molecule has 0 unspecified atom stereocenters. The van der Waals surface area contributed by atoms with Gasteiger partial charge in [0.25, 0.3) is 0 Å². The van der Waals surface area contributed by atoms with Gasteiger partial charge in [0.2, 0.25) is 0 Å². The molecular formula is C8H13NS. The number of aryl methyl sites for hydroxylation is 1. The standard InChI is InChI=1S/C6H7NS.C2H6/c1-5-4-6(8)2-3-7-5;1-2/h2-4H,1H3,(H,7,8);1-2H3. The van der Waals surface area contributed by atoms with E-state index in [2.05, 4.69) is 4.98 Å². The molecule has 0 saturated carbocycles. The molecule has 1 N–H and O–H groups in total. The molecule has 1 aromatic heterocycles. The number of nitrogens with one attached hydrogen (secondary N) is 1. The van der Waals surface area contributed by atoms with Crippen LogP contribution in [-0.4, -0.2) is 4.98 Å². The average Bonchev–Trinajstić information content (AvgIpc) is 1.91. The van der Waals surface area contributed by atoms with Crippen molar-refractivity contribution in [2.24, 2.45) is 0 Å². The van der Waals surface area contributed by atoms with Crippen LogP contribution in [0.3, 0.4) is 0 Å². The Kier molecular flexibility index (Phi) is 4.85. The fourth-order valence-corrected chi connectivity index (χ4v) is 0.803. The molecule has 1 heterocycles. The molecule has 0 fully saturated rings. The van der Waals surface area contributed by atoms with Gasteiger partial charge in [0.15, 0.2) is 0 Å². The van der Waals surface area contributed by atoms with E-state index >= 15 is 0 Å². The minimum absolute atomic E-state index is 0.890. The fraction of sp³-hybridized carbons (Fsp3) is 0.375. The van der Waals surface area contributed by atoms with E-state index in [0.29, 0.717) is 0 Å². The highest BCUT2D eigenvalue weighted by atomic mass is 32.1. The normalized spacial score (nSPS) is 7.90. The van der Waals surface area contributed by atoms with Gasteiger partial charge in [-0.2, -0.15) is 0 Å². The molecule has 0 aliphatic heterocycles. The van der Waals surface area contributed by atoms with Crippen molar-refractivity contribution in [2.75, 3.05) is 0 Å². The van der Waals surface area contributed by atoms with Crippen molar-refractivity contribution in [3.8, 4) is 0 Å². The Morgan fingerprint density at radius 3 is 2.30 bits per heavy atom. The van der Waals surface area contributed by atoms with E-state index in [1.165, 1.54) is 0 Å². The van der Waals surface area contributed by atoms with Crippen molar-refractivity contribution in [1.29, 1.82) is 0 Å². The summed E-state index contributed by atoms with van der Waals surface area (Å²) in [4.78, 5) is 3.01. The molecule has 0 radical (unpaired) electrons. The van der Waals surface area contributed by atoms with Crippen molar-refractivity contribution < 1.29 is 0 Å². The summed E-state index contributed by atoms with van der Waals surface area (Å²) in [6.45, 7) is 5.98. The van der Waals surface area contributed by atoms with Crippen LogP contribution in [-0.2, 0) is 0 Å².